The van der Waals surface area contributed by atoms with Gasteiger partial charge in [-0.25, -0.2) is 4.79 Å². The number of ether oxygens (including phenoxy) is 1. The Morgan fingerprint density at radius 1 is 1.30 bits per heavy atom. The van der Waals surface area contributed by atoms with Crippen molar-refractivity contribution in [3.05, 3.63) is 39.3 Å². The van der Waals surface area contributed by atoms with Crippen LogP contribution in [0.5, 0.6) is 0 Å². The molecule has 1 aromatic carbocycles. The maximum absolute atomic E-state index is 12.2. The van der Waals surface area contributed by atoms with Gasteiger partial charge in [0.1, 0.15) is 4.88 Å². The highest BCUT2D eigenvalue weighted by molar-refractivity contribution is 7.20. The molecule has 1 aliphatic rings. The fraction of sp³-hybridized carbons (Fsp3) is 0.474. The van der Waals surface area contributed by atoms with Gasteiger partial charge in [-0.1, -0.05) is 26.7 Å². The van der Waals surface area contributed by atoms with E-state index in [1.165, 1.54) is 29.9 Å². The zero-order chi connectivity index (χ0) is 19.6. The number of hydrogen-bond acceptors (Lipinski definition) is 6. The third-order valence-corrected chi connectivity index (χ3v) is 6.40. The first kappa shape index (κ1) is 19.3. The summed E-state index contributed by atoms with van der Waals surface area (Å²) in [6.45, 7) is 4.00. The third-order valence-electron chi connectivity index (χ3n) is 5.30. The van der Waals surface area contributed by atoms with Crippen molar-refractivity contribution in [1.82, 2.24) is 5.32 Å². The number of rotatable bonds is 5. The largest absolute Gasteiger partial charge is 0.451 e. The van der Waals surface area contributed by atoms with E-state index < -0.39 is 10.9 Å². The van der Waals surface area contributed by atoms with Crippen molar-refractivity contribution in [1.29, 1.82) is 0 Å². The maximum atomic E-state index is 12.2. The molecule has 1 aromatic heterocycles. The predicted octanol–water partition coefficient (Wildman–Crippen LogP) is 3.91. The topological polar surface area (TPSA) is 98.5 Å². The molecule has 1 aliphatic carbocycles. The fourth-order valence-corrected chi connectivity index (χ4v) is 4.42. The minimum Gasteiger partial charge on any atom is -0.451 e. The lowest BCUT2D eigenvalue weighted by atomic mass is 9.78. The molecule has 3 rings (SSSR count). The van der Waals surface area contributed by atoms with Gasteiger partial charge in [0.15, 0.2) is 6.61 Å². The molecule has 3 atom stereocenters. The van der Waals surface area contributed by atoms with E-state index in [0.29, 0.717) is 22.1 Å². The van der Waals surface area contributed by atoms with Crippen LogP contribution in [-0.4, -0.2) is 29.4 Å². The summed E-state index contributed by atoms with van der Waals surface area (Å²) >= 11 is 1.18. The second kappa shape index (κ2) is 8.04. The molecule has 7 nitrogen and oxygen atoms in total. The van der Waals surface area contributed by atoms with Gasteiger partial charge in [-0.2, -0.15) is 0 Å². The van der Waals surface area contributed by atoms with E-state index in [1.54, 1.807) is 12.1 Å². The number of nitrogens with one attached hydrogen (secondary N) is 1. The van der Waals surface area contributed by atoms with Crippen LogP contribution in [0.1, 0.15) is 42.8 Å². The minimum atomic E-state index is -0.598. The fourth-order valence-electron chi connectivity index (χ4n) is 3.48. The van der Waals surface area contributed by atoms with Crippen molar-refractivity contribution >= 4 is 39.0 Å². The molecule has 0 saturated heterocycles. The van der Waals surface area contributed by atoms with E-state index in [4.69, 9.17) is 4.74 Å². The predicted molar refractivity (Wildman–Crippen MR) is 103 cm³/mol. The molecule has 0 unspecified atom stereocenters. The second-order valence-corrected chi connectivity index (χ2v) is 8.19. The average Bonchev–Trinajstić information content (AvgIpc) is 3.07. The SMILES string of the molecule is C[C@@H]1[C@H](C)CCC[C@@H]1NC(=O)COC(=O)c1cc2cc([N+](=O)[O-])ccc2s1. The molecule has 0 spiro atoms. The van der Waals surface area contributed by atoms with Gasteiger partial charge in [-0.3, -0.25) is 14.9 Å². The summed E-state index contributed by atoms with van der Waals surface area (Å²) in [5.41, 5.74) is -0.0320. The van der Waals surface area contributed by atoms with E-state index >= 15 is 0 Å². The molecule has 1 N–H and O–H groups in total. The Hall–Kier alpha value is -2.48. The lowest BCUT2D eigenvalue weighted by Gasteiger charge is -2.34. The van der Waals surface area contributed by atoms with Crippen LogP contribution < -0.4 is 5.32 Å². The van der Waals surface area contributed by atoms with Gasteiger partial charge in [-0.15, -0.1) is 11.3 Å². The van der Waals surface area contributed by atoms with Crippen molar-refractivity contribution in [3.8, 4) is 0 Å². The van der Waals surface area contributed by atoms with Gasteiger partial charge >= 0.3 is 5.97 Å². The second-order valence-electron chi connectivity index (χ2n) is 7.11. The van der Waals surface area contributed by atoms with E-state index in [1.807, 2.05) is 0 Å². The molecule has 0 radical (unpaired) electrons. The van der Waals surface area contributed by atoms with Gasteiger partial charge in [0.2, 0.25) is 0 Å². The van der Waals surface area contributed by atoms with E-state index in [-0.39, 0.29) is 24.2 Å². The number of nitro benzene ring substituents is 1. The molecular weight excluding hydrogens is 368 g/mol. The Labute approximate surface area is 160 Å². The monoisotopic (exact) mass is 390 g/mol. The highest BCUT2D eigenvalue weighted by Crippen LogP contribution is 2.30. The molecule has 0 aliphatic heterocycles. The molecule has 0 bridgehead atoms. The van der Waals surface area contributed by atoms with Crippen LogP contribution in [0, 0.1) is 22.0 Å². The molecule has 1 fully saturated rings. The van der Waals surface area contributed by atoms with Crippen molar-refractivity contribution in [3.63, 3.8) is 0 Å². The zero-order valence-corrected chi connectivity index (χ0v) is 16.1. The van der Waals surface area contributed by atoms with Crippen LogP contribution in [0.2, 0.25) is 0 Å². The number of fused-ring (bicyclic) bond motifs is 1. The summed E-state index contributed by atoms with van der Waals surface area (Å²) in [5.74, 6) is 0.0658. The van der Waals surface area contributed by atoms with Gasteiger partial charge < -0.3 is 10.1 Å². The molecule has 2 aromatic rings. The number of nitro groups is 1. The standard InChI is InChI=1S/C19H22N2O5S/c1-11-4-3-5-15(12(11)2)20-18(22)10-26-19(23)17-9-13-8-14(21(24)25)6-7-16(13)27-17/h6-9,11-12,15H,3-5,10H2,1-2H3,(H,20,22)/t11-,12-,15+/m1/s1. The number of nitrogens with zero attached hydrogens (tertiary/aromatic N) is 1. The van der Waals surface area contributed by atoms with Crippen LogP contribution in [0.15, 0.2) is 24.3 Å². The molecule has 1 saturated carbocycles. The van der Waals surface area contributed by atoms with Crippen LogP contribution in [0.25, 0.3) is 10.1 Å². The van der Waals surface area contributed by atoms with Crippen LogP contribution in [0.3, 0.4) is 0 Å². The lowest BCUT2D eigenvalue weighted by Crippen LogP contribution is -2.45. The summed E-state index contributed by atoms with van der Waals surface area (Å²) in [6, 6.07) is 6.09. The van der Waals surface area contributed by atoms with Gasteiger partial charge in [0.25, 0.3) is 11.6 Å². The van der Waals surface area contributed by atoms with Crippen LogP contribution >= 0.6 is 11.3 Å². The number of non-ortho nitro benzene ring substituents is 1. The molecule has 1 amide bonds. The first-order valence-electron chi connectivity index (χ1n) is 8.99. The Bertz CT molecular complexity index is 878. The maximum Gasteiger partial charge on any atom is 0.348 e. The minimum absolute atomic E-state index is 0.0320. The number of esters is 1. The molecule has 144 valence electrons. The molecular formula is C19H22N2O5S. The highest BCUT2D eigenvalue weighted by Gasteiger charge is 2.28. The van der Waals surface area contributed by atoms with Crippen molar-refractivity contribution in [2.75, 3.05) is 6.61 Å². The Balaban J connectivity index is 1.58. The molecule has 1 heterocycles. The zero-order valence-electron chi connectivity index (χ0n) is 15.3. The highest BCUT2D eigenvalue weighted by atomic mass is 32.1. The van der Waals surface area contributed by atoms with Crippen LogP contribution in [-0.2, 0) is 9.53 Å². The van der Waals surface area contributed by atoms with Crippen molar-refractivity contribution < 1.29 is 19.2 Å². The summed E-state index contributed by atoms with van der Waals surface area (Å²) in [5, 5.41) is 14.4. The van der Waals surface area contributed by atoms with Gasteiger partial charge in [0.05, 0.1) is 4.92 Å². The Morgan fingerprint density at radius 2 is 2.07 bits per heavy atom. The molecule has 27 heavy (non-hydrogen) atoms. The Morgan fingerprint density at radius 3 is 2.81 bits per heavy atom. The number of amides is 1. The first-order chi connectivity index (χ1) is 12.8. The summed E-state index contributed by atoms with van der Waals surface area (Å²) in [4.78, 5) is 35.0. The van der Waals surface area contributed by atoms with E-state index in [2.05, 4.69) is 19.2 Å². The third kappa shape index (κ3) is 4.44. The van der Waals surface area contributed by atoms with Gasteiger partial charge in [-0.05, 0) is 30.4 Å². The normalized spacial score (nSPS) is 22.4. The van der Waals surface area contributed by atoms with Crippen LogP contribution in [0.4, 0.5) is 5.69 Å². The number of carbonyl (C=O) groups is 2. The average molecular weight is 390 g/mol. The summed E-state index contributed by atoms with van der Waals surface area (Å²) in [7, 11) is 0. The van der Waals surface area contributed by atoms with Crippen molar-refractivity contribution in [2.24, 2.45) is 11.8 Å². The number of benzene rings is 1. The first-order valence-corrected chi connectivity index (χ1v) is 9.81. The van der Waals surface area contributed by atoms with Gasteiger partial charge in [0, 0.05) is 28.3 Å². The quantitative estimate of drug-likeness (QED) is 0.474. The number of thiophene rings is 1. The van der Waals surface area contributed by atoms with E-state index in [9.17, 15) is 19.7 Å². The number of carbonyl (C=O) groups excluding carboxylic acids is 2. The van der Waals surface area contributed by atoms with E-state index in [0.717, 1.165) is 17.5 Å². The smallest absolute Gasteiger partial charge is 0.348 e. The number of hydrogen-bond donors (Lipinski definition) is 1. The summed E-state index contributed by atoms with van der Waals surface area (Å²) < 4.78 is 5.88. The lowest BCUT2D eigenvalue weighted by molar-refractivity contribution is -0.384. The van der Waals surface area contributed by atoms with Crippen molar-refractivity contribution in [2.45, 2.75) is 39.2 Å². The molecule has 8 heteroatoms. The summed E-state index contributed by atoms with van der Waals surface area (Å²) in [6.07, 6.45) is 3.21. The Kier molecular flexibility index (Phi) is 5.74.